The van der Waals surface area contributed by atoms with Crippen LogP contribution in [0.1, 0.15) is 27.2 Å². The summed E-state index contributed by atoms with van der Waals surface area (Å²) in [6, 6.07) is 0. The van der Waals surface area contributed by atoms with E-state index >= 15 is 0 Å². The number of primary amides is 1. The van der Waals surface area contributed by atoms with Gasteiger partial charge in [-0.05, 0) is 19.9 Å². The number of esters is 1. The second-order valence-electron chi connectivity index (χ2n) is 2.50. The summed E-state index contributed by atoms with van der Waals surface area (Å²) in [6.45, 7) is 8.55. The smallest absolute Gasteiger partial charge is 0.305 e. The maximum Gasteiger partial charge on any atom is 0.305 e. The van der Waals surface area contributed by atoms with Crippen molar-refractivity contribution in [2.24, 2.45) is 5.73 Å². The Kier molecular flexibility index (Phi) is 9.60. The van der Waals surface area contributed by atoms with E-state index in [0.717, 1.165) is 6.08 Å². The summed E-state index contributed by atoms with van der Waals surface area (Å²) in [5.74, 6) is -0.606. The van der Waals surface area contributed by atoms with E-state index in [-0.39, 0.29) is 12.1 Å². The number of hydrogen-bond donors (Lipinski definition) is 1. The molecule has 0 spiro atoms. The van der Waals surface area contributed by atoms with Gasteiger partial charge in [-0.25, -0.2) is 0 Å². The molecule has 0 radical (unpaired) electrons. The highest BCUT2D eigenvalue weighted by Crippen LogP contribution is 1.90. The molecule has 13 heavy (non-hydrogen) atoms. The maximum absolute atomic E-state index is 10.4. The third-order valence-corrected chi connectivity index (χ3v) is 0.857. The van der Waals surface area contributed by atoms with Gasteiger partial charge in [0.05, 0.1) is 6.10 Å². The van der Waals surface area contributed by atoms with E-state index in [0.29, 0.717) is 6.42 Å². The third-order valence-electron chi connectivity index (χ3n) is 0.857. The fourth-order valence-electron chi connectivity index (χ4n) is 0.346. The zero-order valence-electron chi connectivity index (χ0n) is 8.37. The molecule has 0 bridgehead atoms. The molecule has 0 aromatic carbocycles. The number of ether oxygens (including phenoxy) is 1. The SMILES string of the molecule is C=CC(N)=O.CCC(=O)OC(C)C. The first kappa shape index (κ1) is 14.2. The molecule has 4 heteroatoms. The van der Waals surface area contributed by atoms with Crippen molar-refractivity contribution < 1.29 is 14.3 Å². The highest BCUT2D eigenvalue weighted by molar-refractivity contribution is 5.84. The number of amides is 1. The first-order valence-electron chi connectivity index (χ1n) is 4.05. The van der Waals surface area contributed by atoms with Gasteiger partial charge in [-0.1, -0.05) is 13.5 Å². The summed E-state index contributed by atoms with van der Waals surface area (Å²) in [5.41, 5.74) is 4.53. The highest BCUT2D eigenvalue weighted by Gasteiger charge is 1.98. The fraction of sp³-hybridized carbons (Fsp3) is 0.556. The van der Waals surface area contributed by atoms with Crippen molar-refractivity contribution in [2.45, 2.75) is 33.3 Å². The molecule has 0 aliphatic rings. The van der Waals surface area contributed by atoms with E-state index in [1.807, 2.05) is 13.8 Å². The first-order valence-corrected chi connectivity index (χ1v) is 4.05. The van der Waals surface area contributed by atoms with Crippen molar-refractivity contribution in [3.8, 4) is 0 Å². The average Bonchev–Trinajstić information content (AvgIpc) is 2.04. The lowest BCUT2D eigenvalue weighted by Crippen LogP contribution is -2.09. The standard InChI is InChI=1S/C6H12O2.C3H5NO/c1-4-6(7)8-5(2)3;1-2-3(4)5/h5H,4H2,1-3H3;2H,1H2,(H2,4,5). The monoisotopic (exact) mass is 187 g/mol. The van der Waals surface area contributed by atoms with Gasteiger partial charge in [0.25, 0.3) is 0 Å². The zero-order chi connectivity index (χ0) is 10.9. The van der Waals surface area contributed by atoms with Crippen molar-refractivity contribution >= 4 is 11.9 Å². The predicted octanol–water partition coefficient (Wildman–Crippen LogP) is 1.01. The number of rotatable bonds is 3. The number of hydrogen-bond acceptors (Lipinski definition) is 3. The Hall–Kier alpha value is -1.32. The Labute approximate surface area is 78.8 Å². The molecular formula is C9H17NO3. The van der Waals surface area contributed by atoms with Crippen LogP contribution in [0.3, 0.4) is 0 Å². The van der Waals surface area contributed by atoms with Crippen LogP contribution in [-0.2, 0) is 14.3 Å². The molecule has 0 aliphatic carbocycles. The summed E-state index contributed by atoms with van der Waals surface area (Å²) in [7, 11) is 0. The van der Waals surface area contributed by atoms with Crippen LogP contribution in [0.25, 0.3) is 0 Å². The van der Waals surface area contributed by atoms with Crippen molar-refractivity contribution in [2.75, 3.05) is 0 Å². The molecule has 2 N–H and O–H groups in total. The minimum Gasteiger partial charge on any atom is -0.463 e. The molecule has 0 aromatic heterocycles. The van der Waals surface area contributed by atoms with Crippen LogP contribution >= 0.6 is 0 Å². The second-order valence-corrected chi connectivity index (χ2v) is 2.50. The molecule has 0 saturated carbocycles. The minimum absolute atomic E-state index is 0.0300. The largest absolute Gasteiger partial charge is 0.463 e. The van der Waals surface area contributed by atoms with Gasteiger partial charge in [0, 0.05) is 6.42 Å². The molecule has 0 aliphatic heterocycles. The molecule has 0 rings (SSSR count). The Morgan fingerprint density at radius 2 is 1.92 bits per heavy atom. The van der Waals surface area contributed by atoms with Crippen LogP contribution in [0.15, 0.2) is 12.7 Å². The second kappa shape index (κ2) is 8.77. The van der Waals surface area contributed by atoms with Crippen LogP contribution < -0.4 is 5.73 Å². The lowest BCUT2D eigenvalue weighted by molar-refractivity contribution is -0.146. The topological polar surface area (TPSA) is 69.4 Å². The molecular weight excluding hydrogens is 170 g/mol. The quantitative estimate of drug-likeness (QED) is 0.529. The first-order chi connectivity index (χ1) is 5.93. The highest BCUT2D eigenvalue weighted by atomic mass is 16.5. The van der Waals surface area contributed by atoms with E-state index < -0.39 is 5.91 Å². The van der Waals surface area contributed by atoms with E-state index in [2.05, 4.69) is 12.3 Å². The number of nitrogens with two attached hydrogens (primary N) is 1. The van der Waals surface area contributed by atoms with Gasteiger partial charge in [-0.15, -0.1) is 0 Å². The molecule has 0 fully saturated rings. The van der Waals surface area contributed by atoms with Crippen molar-refractivity contribution in [1.82, 2.24) is 0 Å². The summed E-state index contributed by atoms with van der Waals surface area (Å²) < 4.78 is 4.76. The fourth-order valence-corrected chi connectivity index (χ4v) is 0.346. The van der Waals surface area contributed by atoms with Crippen LogP contribution in [0.5, 0.6) is 0 Å². The molecule has 4 nitrogen and oxygen atoms in total. The molecule has 76 valence electrons. The maximum atomic E-state index is 10.4. The van der Waals surface area contributed by atoms with Crippen LogP contribution in [0, 0.1) is 0 Å². The van der Waals surface area contributed by atoms with Crippen LogP contribution in [-0.4, -0.2) is 18.0 Å². The van der Waals surface area contributed by atoms with E-state index in [9.17, 15) is 9.59 Å². The van der Waals surface area contributed by atoms with Gasteiger partial charge in [0.1, 0.15) is 0 Å². The van der Waals surface area contributed by atoms with Crippen molar-refractivity contribution in [3.63, 3.8) is 0 Å². The van der Waals surface area contributed by atoms with Gasteiger partial charge in [0.15, 0.2) is 0 Å². The molecule has 0 unspecified atom stereocenters. The van der Waals surface area contributed by atoms with Crippen molar-refractivity contribution in [3.05, 3.63) is 12.7 Å². The molecule has 0 aromatic rings. The van der Waals surface area contributed by atoms with E-state index in [1.54, 1.807) is 6.92 Å². The van der Waals surface area contributed by atoms with Crippen LogP contribution in [0.2, 0.25) is 0 Å². The lowest BCUT2D eigenvalue weighted by atomic mass is 10.4. The third kappa shape index (κ3) is 18.0. The minimum atomic E-state index is -0.481. The summed E-state index contributed by atoms with van der Waals surface area (Å²) in [6.07, 6.45) is 1.56. The molecule has 0 heterocycles. The Bertz CT molecular complexity index is 176. The zero-order valence-corrected chi connectivity index (χ0v) is 8.37. The molecule has 0 atom stereocenters. The van der Waals surface area contributed by atoms with Crippen molar-refractivity contribution in [1.29, 1.82) is 0 Å². The normalized spacial score (nSPS) is 8.31. The summed E-state index contributed by atoms with van der Waals surface area (Å²) in [5, 5.41) is 0. The Morgan fingerprint density at radius 1 is 1.54 bits per heavy atom. The molecule has 1 amide bonds. The van der Waals surface area contributed by atoms with Gasteiger partial charge < -0.3 is 10.5 Å². The predicted molar refractivity (Wildman–Crippen MR) is 50.9 cm³/mol. The lowest BCUT2D eigenvalue weighted by Gasteiger charge is -2.04. The van der Waals surface area contributed by atoms with Gasteiger partial charge in [-0.3, -0.25) is 9.59 Å². The van der Waals surface area contributed by atoms with E-state index in [4.69, 9.17) is 4.74 Å². The number of carbonyl (C=O) groups is 2. The van der Waals surface area contributed by atoms with Gasteiger partial charge >= 0.3 is 5.97 Å². The Balaban J connectivity index is 0. The van der Waals surface area contributed by atoms with Gasteiger partial charge in [-0.2, -0.15) is 0 Å². The summed E-state index contributed by atoms with van der Waals surface area (Å²) in [4.78, 5) is 19.9. The molecule has 0 saturated heterocycles. The Morgan fingerprint density at radius 3 is 2.00 bits per heavy atom. The summed E-state index contributed by atoms with van der Waals surface area (Å²) >= 11 is 0. The van der Waals surface area contributed by atoms with Crippen LogP contribution in [0.4, 0.5) is 0 Å². The average molecular weight is 187 g/mol. The van der Waals surface area contributed by atoms with Gasteiger partial charge in [0.2, 0.25) is 5.91 Å². The van der Waals surface area contributed by atoms with E-state index in [1.165, 1.54) is 0 Å². The number of carbonyl (C=O) groups excluding carboxylic acids is 2.